The molecule has 0 saturated carbocycles. The van der Waals surface area contributed by atoms with Gasteiger partial charge in [-0.25, -0.2) is 0 Å². The van der Waals surface area contributed by atoms with Gasteiger partial charge in [-0.1, -0.05) is 0 Å². The molecule has 0 aromatic carbocycles. The van der Waals surface area contributed by atoms with Crippen LogP contribution in [0.2, 0.25) is 0 Å². The van der Waals surface area contributed by atoms with E-state index in [4.69, 9.17) is 0 Å². The van der Waals surface area contributed by atoms with E-state index >= 15 is 0 Å². The number of rotatable bonds is 1. The second-order valence-corrected chi connectivity index (χ2v) is 1.18. The van der Waals surface area contributed by atoms with E-state index in [0.29, 0.717) is 0 Å². The van der Waals surface area contributed by atoms with E-state index in [2.05, 4.69) is 17.9 Å². The van der Waals surface area contributed by atoms with Crippen LogP contribution in [-0.2, 0) is 17.9 Å². The minimum atomic E-state index is 1.89. The summed E-state index contributed by atoms with van der Waals surface area (Å²) < 4.78 is 1.89. The Morgan fingerprint density at radius 2 is 2.20 bits per heavy atom. The van der Waals surface area contributed by atoms with Gasteiger partial charge in [0.25, 0.3) is 0 Å². The fraction of sp³-hybridized carbons (Fsp3) is 0.250. The Balaban J connectivity index is 2.92. The maximum atomic E-state index is 2.64. The molecule has 0 aliphatic rings. The predicted molar refractivity (Wildman–Crippen MR) is 20.9 cm³/mol. The molecule has 0 radical (unpaired) electrons. The number of allylic oxidation sites excluding steroid dienone is 2. The van der Waals surface area contributed by atoms with Gasteiger partial charge in [0.2, 0.25) is 0 Å². The summed E-state index contributed by atoms with van der Waals surface area (Å²) in [7, 11) is 0. The van der Waals surface area contributed by atoms with E-state index in [0.717, 1.165) is 0 Å². The third-order valence-electron chi connectivity index (χ3n) is 0.257. The molecule has 0 rings (SSSR count). The summed E-state index contributed by atoms with van der Waals surface area (Å²) in [6.45, 7) is 1.98. The first-order valence-electron chi connectivity index (χ1n) is 1.44. The van der Waals surface area contributed by atoms with Crippen molar-refractivity contribution in [3.63, 3.8) is 0 Å². The fourth-order valence-electron chi connectivity index (χ4n) is 0.0642. The summed E-state index contributed by atoms with van der Waals surface area (Å²) in [6, 6.07) is 0. The van der Waals surface area contributed by atoms with Crippen LogP contribution >= 0.6 is 0 Å². The zero-order valence-corrected chi connectivity index (χ0v) is 4.70. The third-order valence-corrected chi connectivity index (χ3v) is 0.572. The monoisotopic (exact) mass is 157 g/mol. The Labute approximate surface area is 42.1 Å². The zero-order chi connectivity index (χ0) is 4.12. The van der Waals surface area contributed by atoms with Crippen LogP contribution in [0, 0.1) is 0 Å². The minimum absolute atomic E-state index is 1.89. The van der Waals surface area contributed by atoms with E-state index in [1.54, 1.807) is 0 Å². The third kappa shape index (κ3) is 4.23. The van der Waals surface area contributed by atoms with Crippen molar-refractivity contribution in [3.8, 4) is 0 Å². The van der Waals surface area contributed by atoms with Gasteiger partial charge in [0.15, 0.2) is 0 Å². The maximum absolute atomic E-state index is 2.64. The molecule has 0 amide bonds. The van der Waals surface area contributed by atoms with Crippen molar-refractivity contribution in [1.82, 2.24) is 0 Å². The van der Waals surface area contributed by atoms with E-state index in [1.807, 2.05) is 23.7 Å². The topological polar surface area (TPSA) is 0 Å². The molecule has 0 fully saturated rings. The summed E-state index contributed by atoms with van der Waals surface area (Å²) >= 11 is 2.64. The van der Waals surface area contributed by atoms with E-state index in [1.165, 1.54) is 0 Å². The molecule has 0 aromatic rings. The Morgan fingerprint density at radius 1 is 1.60 bits per heavy atom. The molecule has 0 spiro atoms. The van der Waals surface area contributed by atoms with Gasteiger partial charge in [0.05, 0.1) is 0 Å². The average molecular weight is 157 g/mol. The first-order chi connectivity index (χ1) is 2.41. The van der Waals surface area contributed by atoms with Gasteiger partial charge in [-0.05, 0) is 0 Å². The number of hydrogen-bond donors (Lipinski definition) is 0. The molecule has 0 saturated heterocycles. The molecular weight excluding hydrogens is 151 g/mol. The fourth-order valence-corrected chi connectivity index (χ4v) is 0.380. The first kappa shape index (κ1) is 5.23. The van der Waals surface area contributed by atoms with Gasteiger partial charge in [-0.2, -0.15) is 0 Å². The Kier molecular flexibility index (Phi) is 4.43. The van der Waals surface area contributed by atoms with Crippen LogP contribution in [0.5, 0.6) is 0 Å². The molecule has 0 heterocycles. The molecule has 0 aliphatic heterocycles. The van der Waals surface area contributed by atoms with Crippen molar-refractivity contribution in [1.29, 1.82) is 0 Å². The van der Waals surface area contributed by atoms with Crippen molar-refractivity contribution in [2.75, 3.05) is 0 Å². The SMILES string of the molecule is C/C=C\[CH]=[Rh]. The average Bonchev–Trinajstić information content (AvgIpc) is 1.41. The van der Waals surface area contributed by atoms with Crippen molar-refractivity contribution in [3.05, 3.63) is 12.2 Å². The molecule has 0 atom stereocenters. The standard InChI is InChI=1S/C4H6.Rh/c1-3-4-2;/h1,3-4H,2H3;/b4-3-;. The van der Waals surface area contributed by atoms with Gasteiger partial charge in [-0.15, -0.1) is 0 Å². The number of hydrogen-bond acceptors (Lipinski definition) is 0. The summed E-state index contributed by atoms with van der Waals surface area (Å²) in [4.78, 5) is 0. The molecule has 0 bridgehead atoms. The van der Waals surface area contributed by atoms with Gasteiger partial charge < -0.3 is 0 Å². The van der Waals surface area contributed by atoms with Gasteiger partial charge in [-0.3, -0.25) is 0 Å². The molecule has 0 aliphatic carbocycles. The normalized spacial score (nSPS) is 9.20. The molecule has 1 heteroatoms. The van der Waals surface area contributed by atoms with Crippen molar-refractivity contribution in [2.24, 2.45) is 0 Å². The van der Waals surface area contributed by atoms with Crippen LogP contribution in [0.1, 0.15) is 6.92 Å². The molecule has 0 aromatic heterocycles. The van der Waals surface area contributed by atoms with Gasteiger partial charge in [0.1, 0.15) is 0 Å². The van der Waals surface area contributed by atoms with E-state index in [-0.39, 0.29) is 0 Å². The van der Waals surface area contributed by atoms with Crippen LogP contribution in [0.15, 0.2) is 12.2 Å². The van der Waals surface area contributed by atoms with Crippen LogP contribution in [0.4, 0.5) is 0 Å². The molecule has 5 heavy (non-hydrogen) atoms. The van der Waals surface area contributed by atoms with Crippen LogP contribution < -0.4 is 0 Å². The quantitative estimate of drug-likeness (QED) is 0.496. The van der Waals surface area contributed by atoms with Gasteiger partial charge in [0, 0.05) is 0 Å². The summed E-state index contributed by atoms with van der Waals surface area (Å²) in [5.41, 5.74) is 0. The summed E-state index contributed by atoms with van der Waals surface area (Å²) in [6.07, 6.45) is 3.92. The van der Waals surface area contributed by atoms with Crippen LogP contribution in [0.25, 0.3) is 0 Å². The summed E-state index contributed by atoms with van der Waals surface area (Å²) in [5, 5.41) is 0. The Morgan fingerprint density at radius 3 is 2.20 bits per heavy atom. The molecule has 0 unspecified atom stereocenters. The van der Waals surface area contributed by atoms with E-state index < -0.39 is 0 Å². The van der Waals surface area contributed by atoms with E-state index in [9.17, 15) is 0 Å². The van der Waals surface area contributed by atoms with Crippen molar-refractivity contribution in [2.45, 2.75) is 6.92 Å². The second-order valence-electron chi connectivity index (χ2n) is 0.637. The van der Waals surface area contributed by atoms with Crippen LogP contribution in [0.3, 0.4) is 0 Å². The first-order valence-corrected chi connectivity index (χ1v) is 2.38. The predicted octanol–water partition coefficient (Wildman–Crippen LogP) is 0.911. The molecule has 0 nitrogen and oxygen atoms in total. The Hall–Kier alpha value is 0.233. The zero-order valence-electron chi connectivity index (χ0n) is 3.07. The van der Waals surface area contributed by atoms with Crippen molar-refractivity contribution < 1.29 is 17.9 Å². The van der Waals surface area contributed by atoms with Crippen molar-refractivity contribution >= 4 is 4.61 Å². The van der Waals surface area contributed by atoms with Gasteiger partial charge >= 0.3 is 41.5 Å². The second kappa shape index (κ2) is 4.23. The molecule has 31 valence electrons. The molecule has 0 N–H and O–H groups in total. The summed E-state index contributed by atoms with van der Waals surface area (Å²) in [5.74, 6) is 0. The van der Waals surface area contributed by atoms with Crippen LogP contribution in [-0.4, -0.2) is 4.61 Å². The Bertz CT molecular complexity index is 45.6. The molecular formula is C4H6Rh.